The Kier molecular flexibility index (Phi) is 3.10. The van der Waals surface area contributed by atoms with E-state index in [9.17, 15) is 0 Å². The van der Waals surface area contributed by atoms with E-state index in [0.717, 1.165) is 12.4 Å². The van der Waals surface area contributed by atoms with Crippen molar-refractivity contribution in [2.45, 2.75) is 6.54 Å². The van der Waals surface area contributed by atoms with Gasteiger partial charge in [-0.2, -0.15) is 0 Å². The molecule has 0 saturated carbocycles. The maximum absolute atomic E-state index is 6.21. The molecular formula is C21H16BN3+2. The SMILES string of the molecule is [B][n+]1cccc2c1-[n+]1cc(-c3ccccc3)c(-c3ccccc3)n1C2. The first-order chi connectivity index (χ1) is 12.3. The zero-order valence-corrected chi connectivity index (χ0v) is 13.7. The molecule has 0 spiro atoms. The number of rotatable bonds is 2. The van der Waals surface area contributed by atoms with Gasteiger partial charge in [-0.15, -0.1) is 4.68 Å². The van der Waals surface area contributed by atoms with Crippen LogP contribution in [0.5, 0.6) is 0 Å². The van der Waals surface area contributed by atoms with Gasteiger partial charge in [0.2, 0.25) is 6.20 Å². The van der Waals surface area contributed by atoms with Gasteiger partial charge in [0, 0.05) is 11.6 Å². The summed E-state index contributed by atoms with van der Waals surface area (Å²) in [6.45, 7) is 0.810. The maximum atomic E-state index is 6.21. The van der Waals surface area contributed by atoms with Crippen LogP contribution in [-0.2, 0) is 6.54 Å². The van der Waals surface area contributed by atoms with Crippen molar-refractivity contribution >= 4 is 7.98 Å². The second-order valence-corrected chi connectivity index (χ2v) is 6.29. The maximum Gasteiger partial charge on any atom is 0.592 e. The van der Waals surface area contributed by atoms with Gasteiger partial charge in [0.1, 0.15) is 24.0 Å². The lowest BCUT2D eigenvalue weighted by Crippen LogP contribution is -2.49. The highest BCUT2D eigenvalue weighted by Crippen LogP contribution is 2.33. The van der Waals surface area contributed by atoms with Gasteiger partial charge in [0.25, 0.3) is 0 Å². The molecule has 0 saturated heterocycles. The van der Waals surface area contributed by atoms with Crippen molar-refractivity contribution < 1.29 is 9.16 Å². The predicted molar refractivity (Wildman–Crippen MR) is 97.3 cm³/mol. The molecule has 2 radical (unpaired) electrons. The summed E-state index contributed by atoms with van der Waals surface area (Å²) in [7, 11) is 6.21. The van der Waals surface area contributed by atoms with Crippen molar-refractivity contribution in [1.29, 1.82) is 0 Å². The third-order valence-corrected chi connectivity index (χ3v) is 4.77. The number of hydrogen-bond acceptors (Lipinski definition) is 0. The van der Waals surface area contributed by atoms with Crippen LogP contribution in [-0.4, -0.2) is 12.7 Å². The van der Waals surface area contributed by atoms with Crippen LogP contribution in [0.15, 0.2) is 85.2 Å². The molecule has 3 heterocycles. The minimum atomic E-state index is 0.810. The van der Waals surface area contributed by atoms with E-state index in [0.29, 0.717) is 0 Å². The molecule has 1 aliphatic heterocycles. The minimum Gasteiger partial charge on any atom is -0.226 e. The minimum absolute atomic E-state index is 0.810. The molecule has 0 unspecified atom stereocenters. The molecule has 25 heavy (non-hydrogen) atoms. The van der Waals surface area contributed by atoms with Gasteiger partial charge in [-0.25, -0.2) is 4.48 Å². The molecule has 1 aliphatic rings. The van der Waals surface area contributed by atoms with Crippen LogP contribution in [0, 0.1) is 0 Å². The molecule has 5 rings (SSSR count). The lowest BCUT2D eigenvalue weighted by Gasteiger charge is -2.04. The highest BCUT2D eigenvalue weighted by atomic mass is 15.5. The lowest BCUT2D eigenvalue weighted by atomic mass is 10.0. The number of hydrogen-bond donors (Lipinski definition) is 0. The van der Waals surface area contributed by atoms with Crippen molar-refractivity contribution in [2.75, 3.05) is 0 Å². The van der Waals surface area contributed by atoms with Crippen LogP contribution in [0.25, 0.3) is 28.2 Å². The first-order valence-corrected chi connectivity index (χ1v) is 8.38. The number of nitrogens with zero attached hydrogens (tertiary/aromatic N) is 3. The monoisotopic (exact) mass is 321 g/mol. The molecule has 4 heteroatoms. The average Bonchev–Trinajstić information content (AvgIpc) is 3.19. The zero-order valence-electron chi connectivity index (χ0n) is 13.7. The molecule has 4 aromatic rings. The van der Waals surface area contributed by atoms with Crippen molar-refractivity contribution in [2.24, 2.45) is 0 Å². The number of pyridine rings is 1. The quantitative estimate of drug-likeness (QED) is 0.350. The third-order valence-electron chi connectivity index (χ3n) is 4.77. The topological polar surface area (TPSA) is 12.7 Å². The van der Waals surface area contributed by atoms with Gasteiger partial charge in [-0.05, 0) is 16.3 Å². The van der Waals surface area contributed by atoms with Gasteiger partial charge in [-0.3, -0.25) is 0 Å². The van der Waals surface area contributed by atoms with Gasteiger partial charge in [0.05, 0.1) is 5.56 Å². The number of fused-ring (bicyclic) bond motifs is 3. The average molecular weight is 321 g/mol. The van der Waals surface area contributed by atoms with Gasteiger partial charge >= 0.3 is 13.8 Å². The second-order valence-electron chi connectivity index (χ2n) is 6.29. The van der Waals surface area contributed by atoms with Crippen molar-refractivity contribution in [3.63, 3.8) is 0 Å². The Morgan fingerprint density at radius 2 is 1.48 bits per heavy atom. The standard InChI is InChI=1S/C21H16BN3/c22-23-13-7-12-18-14-24-20(17-10-5-2-6-11-17)19(15-25(24)21(18)23)16-8-3-1-4-9-16/h1-13,15H,14H2/q+2. The van der Waals surface area contributed by atoms with Crippen molar-refractivity contribution in [3.05, 3.63) is 90.8 Å². The Bertz CT molecular complexity index is 1070. The van der Waals surface area contributed by atoms with Crippen LogP contribution in [0.1, 0.15) is 5.56 Å². The molecule has 0 amide bonds. The predicted octanol–water partition coefficient (Wildman–Crippen LogP) is 2.68. The van der Waals surface area contributed by atoms with E-state index in [4.69, 9.17) is 7.98 Å². The lowest BCUT2D eigenvalue weighted by molar-refractivity contribution is -0.758. The van der Waals surface area contributed by atoms with Crippen LogP contribution in [0.3, 0.4) is 0 Å². The summed E-state index contributed by atoms with van der Waals surface area (Å²) >= 11 is 0. The first kappa shape index (κ1) is 14.2. The van der Waals surface area contributed by atoms with Gasteiger partial charge in [-0.1, -0.05) is 60.7 Å². The fourth-order valence-corrected chi connectivity index (χ4v) is 3.67. The summed E-state index contributed by atoms with van der Waals surface area (Å²) in [5.74, 6) is 1.02. The van der Waals surface area contributed by atoms with E-state index in [2.05, 4.69) is 76.2 Å². The Labute approximate surface area is 147 Å². The fourth-order valence-electron chi connectivity index (χ4n) is 3.67. The van der Waals surface area contributed by atoms with Gasteiger partial charge in [0.15, 0.2) is 0 Å². The first-order valence-electron chi connectivity index (χ1n) is 8.38. The van der Waals surface area contributed by atoms with Crippen LogP contribution < -0.4 is 9.16 Å². The molecule has 3 nitrogen and oxygen atoms in total. The van der Waals surface area contributed by atoms with Gasteiger partial charge < -0.3 is 0 Å². The van der Waals surface area contributed by atoms with Crippen LogP contribution in [0.2, 0.25) is 0 Å². The molecule has 0 atom stereocenters. The molecule has 0 N–H and O–H groups in total. The number of benzene rings is 2. The summed E-state index contributed by atoms with van der Waals surface area (Å²) in [6, 6.07) is 25.2. The van der Waals surface area contributed by atoms with Crippen LogP contribution in [0.4, 0.5) is 0 Å². The summed E-state index contributed by atoms with van der Waals surface area (Å²) < 4.78 is 6.16. The van der Waals surface area contributed by atoms with E-state index >= 15 is 0 Å². The molecule has 0 bridgehead atoms. The van der Waals surface area contributed by atoms with E-state index in [1.165, 1.54) is 27.9 Å². The summed E-state index contributed by atoms with van der Waals surface area (Å²) in [5.41, 5.74) is 6.05. The summed E-state index contributed by atoms with van der Waals surface area (Å²) in [4.78, 5) is 0. The molecule has 0 aliphatic carbocycles. The molecule has 2 aromatic heterocycles. The Morgan fingerprint density at radius 3 is 2.20 bits per heavy atom. The Hall–Kier alpha value is -3.14. The Balaban J connectivity index is 1.82. The fraction of sp³-hybridized carbons (Fsp3) is 0.0476. The largest absolute Gasteiger partial charge is 0.592 e. The molecule has 2 aromatic carbocycles. The van der Waals surface area contributed by atoms with E-state index < -0.39 is 0 Å². The van der Waals surface area contributed by atoms with E-state index in [-0.39, 0.29) is 0 Å². The third kappa shape index (κ3) is 2.14. The van der Waals surface area contributed by atoms with E-state index in [1.54, 1.807) is 4.48 Å². The van der Waals surface area contributed by atoms with Crippen molar-refractivity contribution in [3.8, 4) is 28.2 Å². The van der Waals surface area contributed by atoms with E-state index in [1.807, 2.05) is 18.3 Å². The Morgan fingerprint density at radius 1 is 0.800 bits per heavy atom. The molecule has 116 valence electrons. The highest BCUT2D eigenvalue weighted by Gasteiger charge is 2.39. The summed E-state index contributed by atoms with van der Waals surface area (Å²) in [5, 5.41) is 0. The molecular weight excluding hydrogens is 305 g/mol. The normalized spacial score (nSPS) is 12.0. The van der Waals surface area contributed by atoms with Crippen molar-refractivity contribution in [1.82, 2.24) is 4.68 Å². The zero-order chi connectivity index (χ0) is 16.8. The smallest absolute Gasteiger partial charge is 0.226 e. The summed E-state index contributed by atoms with van der Waals surface area (Å²) in [6.07, 6.45) is 4.08. The number of aromatic nitrogens is 3. The van der Waals surface area contributed by atoms with Crippen LogP contribution >= 0.6 is 0 Å². The second kappa shape index (κ2) is 5.45. The molecule has 0 fully saturated rings. The highest BCUT2D eigenvalue weighted by molar-refractivity contribution is 5.95.